The van der Waals surface area contributed by atoms with Crippen LogP contribution in [-0.2, 0) is 0 Å². The first-order valence-corrected chi connectivity index (χ1v) is 11.2. The number of hydrazone groups is 1. The highest BCUT2D eigenvalue weighted by molar-refractivity contribution is 6.32. The van der Waals surface area contributed by atoms with Gasteiger partial charge in [0.15, 0.2) is 0 Å². The molecule has 0 fully saturated rings. The molecule has 0 aliphatic carbocycles. The van der Waals surface area contributed by atoms with Gasteiger partial charge in [-0.2, -0.15) is 5.10 Å². The van der Waals surface area contributed by atoms with E-state index in [1.54, 1.807) is 36.4 Å². The zero-order chi connectivity index (χ0) is 22.9. The molecule has 0 unspecified atom stereocenters. The van der Waals surface area contributed by atoms with Gasteiger partial charge in [0.05, 0.1) is 30.5 Å². The summed E-state index contributed by atoms with van der Waals surface area (Å²) < 4.78 is 16.9. The van der Waals surface area contributed by atoms with Gasteiger partial charge in [-0.1, -0.05) is 29.8 Å². The number of fused-ring (bicyclic) bond motifs is 3. The minimum atomic E-state index is -0.867. The third-order valence-corrected chi connectivity index (χ3v) is 6.16. The molecular formula is C26H23ClN2O4. The maximum absolute atomic E-state index is 13.5. The molecule has 2 aliphatic heterocycles. The van der Waals surface area contributed by atoms with E-state index in [4.69, 9.17) is 30.9 Å². The van der Waals surface area contributed by atoms with Gasteiger partial charge in [-0.05, 0) is 61.0 Å². The van der Waals surface area contributed by atoms with Crippen LogP contribution >= 0.6 is 11.6 Å². The van der Waals surface area contributed by atoms with Gasteiger partial charge >= 0.3 is 0 Å². The van der Waals surface area contributed by atoms with Gasteiger partial charge in [-0.3, -0.25) is 4.79 Å². The van der Waals surface area contributed by atoms with Crippen LogP contribution in [0.3, 0.4) is 0 Å². The summed E-state index contributed by atoms with van der Waals surface area (Å²) in [6.07, 6.45) is -0.231. The Morgan fingerprint density at radius 2 is 1.94 bits per heavy atom. The fourth-order valence-electron chi connectivity index (χ4n) is 4.23. The van der Waals surface area contributed by atoms with Crippen molar-refractivity contribution in [3.05, 3.63) is 88.4 Å². The number of carbonyl (C=O) groups is 1. The first kappa shape index (κ1) is 21.3. The summed E-state index contributed by atoms with van der Waals surface area (Å²) in [4.78, 5) is 13.5. The van der Waals surface area contributed by atoms with E-state index in [1.807, 2.05) is 49.4 Å². The number of methoxy groups -OCH3 is 1. The molecule has 3 aromatic carbocycles. The zero-order valence-corrected chi connectivity index (χ0v) is 19.1. The van der Waals surface area contributed by atoms with Crippen LogP contribution in [0, 0.1) is 0 Å². The number of Topliss-reactive ketones (excluding diaryl/α,β-unsaturated/α-hetero) is 1. The zero-order valence-electron chi connectivity index (χ0n) is 18.3. The Labute approximate surface area is 197 Å². The Morgan fingerprint density at radius 3 is 2.67 bits per heavy atom. The van der Waals surface area contributed by atoms with Crippen molar-refractivity contribution >= 4 is 23.1 Å². The van der Waals surface area contributed by atoms with E-state index in [9.17, 15) is 4.79 Å². The first-order chi connectivity index (χ1) is 16.1. The number of halogens is 1. The highest BCUT2D eigenvalue weighted by atomic mass is 35.5. The number of ketones is 1. The molecule has 0 N–H and O–H groups in total. The van der Waals surface area contributed by atoms with Gasteiger partial charge < -0.3 is 14.2 Å². The Bertz CT molecular complexity index is 1230. The summed E-state index contributed by atoms with van der Waals surface area (Å²) >= 11 is 6.42. The molecule has 168 valence electrons. The van der Waals surface area contributed by atoms with Crippen molar-refractivity contribution in [2.24, 2.45) is 5.10 Å². The second-order valence-electron chi connectivity index (χ2n) is 7.83. The van der Waals surface area contributed by atoms with Crippen LogP contribution in [0.25, 0.3) is 0 Å². The molecule has 0 saturated carbocycles. The van der Waals surface area contributed by atoms with Crippen LogP contribution in [0.1, 0.15) is 40.9 Å². The Balaban J connectivity index is 1.51. The molecule has 2 aliphatic rings. The normalized spacial score (nSPS) is 18.6. The van der Waals surface area contributed by atoms with Gasteiger partial charge in [0.2, 0.25) is 5.78 Å². The van der Waals surface area contributed by atoms with Gasteiger partial charge in [0.25, 0.3) is 6.23 Å². The van der Waals surface area contributed by atoms with Crippen molar-refractivity contribution in [2.75, 3.05) is 13.7 Å². The number of ether oxygens (including phenoxy) is 3. The summed E-state index contributed by atoms with van der Waals surface area (Å²) in [6.45, 7) is 2.46. The third-order valence-electron chi connectivity index (χ3n) is 5.86. The number of nitrogens with zero attached hydrogens (tertiary/aromatic N) is 2. The Kier molecular flexibility index (Phi) is 5.68. The van der Waals surface area contributed by atoms with E-state index >= 15 is 0 Å². The lowest BCUT2D eigenvalue weighted by molar-refractivity contribution is -0.00455. The third kappa shape index (κ3) is 3.91. The molecular weight excluding hydrogens is 440 g/mol. The predicted octanol–water partition coefficient (Wildman–Crippen LogP) is 5.50. The summed E-state index contributed by atoms with van der Waals surface area (Å²) in [6, 6.07) is 20.4. The summed E-state index contributed by atoms with van der Waals surface area (Å²) in [5.74, 6) is 1.87. The number of carbonyl (C=O) groups excluding carboxylic acids is 1. The minimum absolute atomic E-state index is 0.109. The molecule has 0 radical (unpaired) electrons. The van der Waals surface area contributed by atoms with Crippen LogP contribution in [0.5, 0.6) is 17.2 Å². The van der Waals surface area contributed by atoms with Crippen LogP contribution < -0.4 is 14.2 Å². The van der Waals surface area contributed by atoms with Crippen LogP contribution in [-0.4, -0.2) is 36.4 Å². The Hall–Kier alpha value is -3.51. The molecule has 5 rings (SSSR count). The van der Waals surface area contributed by atoms with Crippen molar-refractivity contribution in [3.8, 4) is 17.2 Å². The quantitative estimate of drug-likeness (QED) is 0.453. The monoisotopic (exact) mass is 462 g/mol. The van der Waals surface area contributed by atoms with E-state index in [1.165, 1.54) is 0 Å². The molecule has 2 atom stereocenters. The molecule has 0 saturated heterocycles. The lowest BCUT2D eigenvalue weighted by Gasteiger charge is -2.37. The van der Waals surface area contributed by atoms with Crippen molar-refractivity contribution < 1.29 is 19.0 Å². The Morgan fingerprint density at radius 1 is 1.15 bits per heavy atom. The number of hydrogen-bond donors (Lipinski definition) is 0. The van der Waals surface area contributed by atoms with Crippen LogP contribution in [0.4, 0.5) is 0 Å². The van der Waals surface area contributed by atoms with E-state index in [0.717, 1.165) is 16.8 Å². The van der Waals surface area contributed by atoms with Gasteiger partial charge in [-0.25, -0.2) is 5.01 Å². The van der Waals surface area contributed by atoms with Crippen LogP contribution in [0.2, 0.25) is 5.02 Å². The van der Waals surface area contributed by atoms with Gasteiger partial charge in [0, 0.05) is 17.5 Å². The number of rotatable bonds is 6. The SMILES string of the molecule is CCOc1ccc(C2=NN3[C@H](C2)c2ccccc2O[C@H]3C(=O)c2ccc(OC)cc2)cc1Cl. The maximum Gasteiger partial charge on any atom is 0.251 e. The van der Waals surface area contributed by atoms with Gasteiger partial charge in [0.1, 0.15) is 17.2 Å². The highest BCUT2D eigenvalue weighted by Gasteiger charge is 2.43. The van der Waals surface area contributed by atoms with Crippen molar-refractivity contribution in [2.45, 2.75) is 25.6 Å². The number of para-hydroxylation sites is 1. The maximum atomic E-state index is 13.5. The molecule has 0 spiro atoms. The summed E-state index contributed by atoms with van der Waals surface area (Å²) in [5.41, 5.74) is 3.28. The average Bonchev–Trinajstić information content (AvgIpc) is 3.30. The summed E-state index contributed by atoms with van der Waals surface area (Å²) in [7, 11) is 1.59. The number of benzene rings is 3. The van der Waals surface area contributed by atoms with Gasteiger partial charge in [-0.15, -0.1) is 0 Å². The molecule has 0 aromatic heterocycles. The van der Waals surface area contributed by atoms with Crippen LogP contribution in [0.15, 0.2) is 71.8 Å². The fraction of sp³-hybridized carbons (Fsp3) is 0.231. The largest absolute Gasteiger partial charge is 0.497 e. The second kappa shape index (κ2) is 8.79. The van der Waals surface area contributed by atoms with E-state index in [-0.39, 0.29) is 11.8 Å². The molecule has 33 heavy (non-hydrogen) atoms. The lowest BCUT2D eigenvalue weighted by atomic mass is 9.95. The molecule has 0 bridgehead atoms. The van der Waals surface area contributed by atoms with E-state index in [0.29, 0.717) is 40.9 Å². The molecule has 6 nitrogen and oxygen atoms in total. The average molecular weight is 463 g/mol. The molecule has 3 aromatic rings. The fourth-order valence-corrected chi connectivity index (χ4v) is 4.47. The summed E-state index contributed by atoms with van der Waals surface area (Å²) in [5, 5.41) is 7.14. The van der Waals surface area contributed by atoms with Crippen molar-refractivity contribution in [1.29, 1.82) is 0 Å². The topological polar surface area (TPSA) is 60.4 Å². The van der Waals surface area contributed by atoms with Crippen molar-refractivity contribution in [1.82, 2.24) is 5.01 Å². The predicted molar refractivity (Wildman–Crippen MR) is 127 cm³/mol. The van der Waals surface area contributed by atoms with E-state index in [2.05, 4.69) is 0 Å². The minimum Gasteiger partial charge on any atom is -0.497 e. The van der Waals surface area contributed by atoms with Crippen molar-refractivity contribution in [3.63, 3.8) is 0 Å². The second-order valence-corrected chi connectivity index (χ2v) is 8.23. The molecule has 2 heterocycles. The smallest absolute Gasteiger partial charge is 0.251 e. The molecule has 0 amide bonds. The highest BCUT2D eigenvalue weighted by Crippen LogP contribution is 2.44. The molecule has 7 heteroatoms. The number of hydrogen-bond acceptors (Lipinski definition) is 6. The standard InChI is InChI=1S/C26H23ClN2O4/c1-3-32-24-13-10-17(14-20(24)27)21-15-22-19-6-4-5-7-23(19)33-26(29(22)28-21)25(30)16-8-11-18(31-2)12-9-16/h4-14,22,26H,3,15H2,1-2H3/t22-,26+/m1/s1. The lowest BCUT2D eigenvalue weighted by Crippen LogP contribution is -2.45. The first-order valence-electron chi connectivity index (χ1n) is 10.8. The van der Waals surface area contributed by atoms with E-state index < -0.39 is 6.23 Å².